The van der Waals surface area contributed by atoms with Crippen LogP contribution in [0, 0.1) is 0 Å². The van der Waals surface area contributed by atoms with E-state index in [4.69, 9.17) is 4.74 Å². The number of rotatable bonds is 6. The van der Waals surface area contributed by atoms with Gasteiger partial charge < -0.3 is 4.74 Å². The summed E-state index contributed by atoms with van der Waals surface area (Å²) in [4.78, 5) is 22.6. The molecule has 92 valence electrons. The normalized spacial score (nSPS) is 10.3. The molecule has 0 aliphatic carbocycles. The lowest BCUT2D eigenvalue weighted by Gasteiger charge is -2.06. The lowest BCUT2D eigenvalue weighted by molar-refractivity contribution is -0.156. The lowest BCUT2D eigenvalue weighted by Crippen LogP contribution is -2.20. The Labute approximate surface area is 102 Å². The van der Waals surface area contributed by atoms with Gasteiger partial charge in [0.05, 0.1) is 6.10 Å². The lowest BCUT2D eigenvalue weighted by atomic mass is 10.1. The summed E-state index contributed by atoms with van der Waals surface area (Å²) in [7, 11) is 0. The Bertz CT molecular complexity index is 368. The number of ketones is 1. The molecule has 0 bridgehead atoms. The van der Waals surface area contributed by atoms with Crippen molar-refractivity contribution in [3.8, 4) is 0 Å². The molecule has 0 aromatic heterocycles. The van der Waals surface area contributed by atoms with Crippen molar-refractivity contribution in [3.63, 3.8) is 0 Å². The molecule has 0 saturated carbocycles. The number of ether oxygens (including phenoxy) is 1. The number of esters is 1. The van der Waals surface area contributed by atoms with Gasteiger partial charge in [-0.15, -0.1) is 0 Å². The Morgan fingerprint density at radius 3 is 2.41 bits per heavy atom. The SMILES string of the molecule is CC(C)OC(=O)C(=O)CCCc1ccccc1. The van der Waals surface area contributed by atoms with Gasteiger partial charge in [-0.2, -0.15) is 0 Å². The zero-order valence-corrected chi connectivity index (χ0v) is 10.3. The third-order valence-electron chi connectivity index (χ3n) is 2.28. The van der Waals surface area contributed by atoms with Gasteiger partial charge in [0.2, 0.25) is 5.78 Å². The molecule has 1 aromatic carbocycles. The van der Waals surface area contributed by atoms with E-state index in [1.807, 2.05) is 30.3 Å². The molecular formula is C14H18O3. The minimum absolute atomic E-state index is 0.236. The first-order valence-electron chi connectivity index (χ1n) is 5.87. The van der Waals surface area contributed by atoms with E-state index in [0.717, 1.165) is 6.42 Å². The number of Topliss-reactive ketones (excluding diaryl/α,β-unsaturated/α-hetero) is 1. The Morgan fingerprint density at radius 1 is 1.18 bits per heavy atom. The molecule has 0 unspecified atom stereocenters. The predicted octanol–water partition coefficient (Wildman–Crippen LogP) is 2.53. The van der Waals surface area contributed by atoms with Crippen molar-refractivity contribution in [2.45, 2.75) is 39.2 Å². The van der Waals surface area contributed by atoms with Crippen molar-refractivity contribution < 1.29 is 14.3 Å². The van der Waals surface area contributed by atoms with Crippen LogP contribution in [0.2, 0.25) is 0 Å². The summed E-state index contributed by atoms with van der Waals surface area (Å²) in [5, 5.41) is 0. The van der Waals surface area contributed by atoms with Crippen LogP contribution in [0.5, 0.6) is 0 Å². The number of hydrogen-bond acceptors (Lipinski definition) is 3. The molecule has 0 aliphatic rings. The fourth-order valence-electron chi connectivity index (χ4n) is 1.48. The maximum atomic E-state index is 11.4. The molecule has 0 saturated heterocycles. The first-order valence-corrected chi connectivity index (χ1v) is 5.87. The summed E-state index contributed by atoms with van der Waals surface area (Å²) in [5.74, 6) is -1.15. The van der Waals surface area contributed by atoms with E-state index in [0.29, 0.717) is 6.42 Å². The fourth-order valence-corrected chi connectivity index (χ4v) is 1.48. The van der Waals surface area contributed by atoms with E-state index < -0.39 is 11.8 Å². The molecule has 0 radical (unpaired) electrons. The first kappa shape index (κ1) is 13.4. The highest BCUT2D eigenvalue weighted by molar-refractivity contribution is 6.33. The maximum Gasteiger partial charge on any atom is 0.374 e. The predicted molar refractivity (Wildman–Crippen MR) is 65.6 cm³/mol. The van der Waals surface area contributed by atoms with Crippen LogP contribution in [0.25, 0.3) is 0 Å². The number of aryl methyl sites for hydroxylation is 1. The number of benzene rings is 1. The highest BCUT2D eigenvalue weighted by atomic mass is 16.5. The molecule has 0 spiro atoms. The summed E-state index contributed by atoms with van der Waals surface area (Å²) in [6.45, 7) is 3.46. The van der Waals surface area contributed by atoms with Gasteiger partial charge in [-0.25, -0.2) is 4.79 Å². The highest BCUT2D eigenvalue weighted by Gasteiger charge is 2.15. The smallest absolute Gasteiger partial charge is 0.374 e. The van der Waals surface area contributed by atoms with Crippen LogP contribution in [0.1, 0.15) is 32.3 Å². The molecule has 0 amide bonds. The number of carbonyl (C=O) groups excluding carboxylic acids is 2. The van der Waals surface area contributed by atoms with Crippen molar-refractivity contribution in [1.82, 2.24) is 0 Å². The molecule has 1 aromatic rings. The van der Waals surface area contributed by atoms with Crippen molar-refractivity contribution in [3.05, 3.63) is 35.9 Å². The van der Waals surface area contributed by atoms with Crippen LogP contribution in [0.15, 0.2) is 30.3 Å². The standard InChI is InChI=1S/C14H18O3/c1-11(2)17-14(16)13(15)10-6-9-12-7-4-3-5-8-12/h3-5,7-8,11H,6,9-10H2,1-2H3. The molecule has 0 fully saturated rings. The molecule has 0 aliphatic heterocycles. The third kappa shape index (κ3) is 5.29. The van der Waals surface area contributed by atoms with Crippen LogP contribution in [-0.2, 0) is 20.7 Å². The summed E-state index contributed by atoms with van der Waals surface area (Å²) < 4.78 is 4.83. The van der Waals surface area contributed by atoms with Crippen LogP contribution in [0.3, 0.4) is 0 Å². The zero-order chi connectivity index (χ0) is 12.7. The van der Waals surface area contributed by atoms with E-state index in [9.17, 15) is 9.59 Å². The van der Waals surface area contributed by atoms with Gasteiger partial charge in [-0.05, 0) is 32.3 Å². The monoisotopic (exact) mass is 234 g/mol. The van der Waals surface area contributed by atoms with Gasteiger partial charge in [0.25, 0.3) is 0 Å². The Balaban J connectivity index is 2.27. The first-order chi connectivity index (χ1) is 8.09. The molecule has 17 heavy (non-hydrogen) atoms. The minimum atomic E-state index is -0.715. The van der Waals surface area contributed by atoms with E-state index in [2.05, 4.69) is 0 Å². The largest absolute Gasteiger partial charge is 0.457 e. The molecule has 3 nitrogen and oxygen atoms in total. The summed E-state index contributed by atoms with van der Waals surface area (Å²) in [5.41, 5.74) is 1.18. The van der Waals surface area contributed by atoms with Gasteiger partial charge in [0.15, 0.2) is 0 Å². The van der Waals surface area contributed by atoms with Crippen molar-refractivity contribution >= 4 is 11.8 Å². The van der Waals surface area contributed by atoms with Crippen molar-refractivity contribution in [1.29, 1.82) is 0 Å². The van der Waals surface area contributed by atoms with E-state index in [1.54, 1.807) is 13.8 Å². The average Bonchev–Trinajstić information content (AvgIpc) is 2.29. The third-order valence-corrected chi connectivity index (χ3v) is 2.28. The molecule has 0 atom stereocenters. The number of hydrogen-bond donors (Lipinski definition) is 0. The van der Waals surface area contributed by atoms with Crippen LogP contribution in [0.4, 0.5) is 0 Å². The molecular weight excluding hydrogens is 216 g/mol. The van der Waals surface area contributed by atoms with E-state index in [-0.39, 0.29) is 12.5 Å². The molecule has 1 rings (SSSR count). The van der Waals surface area contributed by atoms with Gasteiger partial charge in [0, 0.05) is 6.42 Å². The van der Waals surface area contributed by atoms with E-state index in [1.165, 1.54) is 5.56 Å². The molecule has 0 N–H and O–H groups in total. The summed E-state index contributed by atoms with van der Waals surface area (Å²) in [6, 6.07) is 9.90. The van der Waals surface area contributed by atoms with Gasteiger partial charge in [0.1, 0.15) is 0 Å². The Kier molecular flexibility index (Phi) is 5.40. The minimum Gasteiger partial charge on any atom is -0.457 e. The molecule has 0 heterocycles. The fraction of sp³-hybridized carbons (Fsp3) is 0.429. The quantitative estimate of drug-likeness (QED) is 0.561. The summed E-state index contributed by atoms with van der Waals surface area (Å²) >= 11 is 0. The number of carbonyl (C=O) groups is 2. The van der Waals surface area contributed by atoms with Gasteiger partial charge in [-0.1, -0.05) is 30.3 Å². The Morgan fingerprint density at radius 2 is 1.82 bits per heavy atom. The second kappa shape index (κ2) is 6.84. The van der Waals surface area contributed by atoms with Crippen LogP contribution >= 0.6 is 0 Å². The van der Waals surface area contributed by atoms with Crippen LogP contribution in [-0.4, -0.2) is 17.9 Å². The highest BCUT2D eigenvalue weighted by Crippen LogP contribution is 2.05. The average molecular weight is 234 g/mol. The maximum absolute atomic E-state index is 11.4. The van der Waals surface area contributed by atoms with E-state index >= 15 is 0 Å². The second-order valence-corrected chi connectivity index (χ2v) is 4.22. The summed E-state index contributed by atoms with van der Waals surface area (Å²) in [6.07, 6.45) is 1.50. The van der Waals surface area contributed by atoms with Crippen molar-refractivity contribution in [2.75, 3.05) is 0 Å². The second-order valence-electron chi connectivity index (χ2n) is 4.22. The zero-order valence-electron chi connectivity index (χ0n) is 10.3. The van der Waals surface area contributed by atoms with Gasteiger partial charge >= 0.3 is 5.97 Å². The molecule has 3 heteroatoms. The topological polar surface area (TPSA) is 43.4 Å². The van der Waals surface area contributed by atoms with Crippen molar-refractivity contribution in [2.24, 2.45) is 0 Å². The Hall–Kier alpha value is -1.64. The van der Waals surface area contributed by atoms with Gasteiger partial charge in [-0.3, -0.25) is 4.79 Å². The van der Waals surface area contributed by atoms with Crippen LogP contribution < -0.4 is 0 Å².